The van der Waals surface area contributed by atoms with Crippen molar-refractivity contribution in [2.24, 2.45) is 5.41 Å². The molecule has 1 N–H and O–H groups in total. The molecule has 17 heavy (non-hydrogen) atoms. The van der Waals surface area contributed by atoms with E-state index in [0.29, 0.717) is 5.41 Å². The van der Waals surface area contributed by atoms with Crippen molar-refractivity contribution in [2.75, 3.05) is 25.0 Å². The van der Waals surface area contributed by atoms with E-state index in [1.54, 1.807) is 0 Å². The molecule has 1 heterocycles. The Balaban J connectivity index is 2.81. The molecule has 0 radical (unpaired) electrons. The molecule has 1 rings (SSSR count). The first-order valence-electron chi connectivity index (χ1n) is 6.29. The van der Waals surface area contributed by atoms with Crippen LogP contribution in [0.3, 0.4) is 0 Å². The van der Waals surface area contributed by atoms with Crippen molar-refractivity contribution in [3.05, 3.63) is 24.0 Å². The summed E-state index contributed by atoms with van der Waals surface area (Å²) < 4.78 is 0. The lowest BCUT2D eigenvalue weighted by molar-refractivity contribution is 0.418. The van der Waals surface area contributed by atoms with Gasteiger partial charge in [-0.05, 0) is 18.0 Å². The fourth-order valence-electron chi connectivity index (χ4n) is 1.98. The van der Waals surface area contributed by atoms with Gasteiger partial charge in [0.05, 0.1) is 0 Å². The highest BCUT2D eigenvalue weighted by atomic mass is 15.1. The molecule has 0 saturated heterocycles. The second-order valence-corrected chi connectivity index (χ2v) is 5.70. The maximum Gasteiger partial charge on any atom is 0.0440 e. The minimum atomic E-state index is 0.299. The zero-order valence-corrected chi connectivity index (χ0v) is 11.7. The van der Waals surface area contributed by atoms with Gasteiger partial charge in [0, 0.05) is 43.8 Å². The SMILES string of the molecule is CCNCc1cnccc1N(C)CC(C)(C)C. The van der Waals surface area contributed by atoms with E-state index in [1.165, 1.54) is 11.3 Å². The van der Waals surface area contributed by atoms with Gasteiger partial charge in [-0.2, -0.15) is 0 Å². The van der Waals surface area contributed by atoms with Gasteiger partial charge in [-0.15, -0.1) is 0 Å². The Morgan fingerprint density at radius 3 is 2.65 bits per heavy atom. The van der Waals surface area contributed by atoms with Crippen LogP contribution in [0.2, 0.25) is 0 Å². The van der Waals surface area contributed by atoms with E-state index in [2.05, 4.69) is 56.0 Å². The number of pyridine rings is 1. The lowest BCUT2D eigenvalue weighted by Gasteiger charge is -2.29. The standard InChI is InChI=1S/C14H25N3/c1-6-15-9-12-10-16-8-7-13(12)17(5)11-14(2,3)4/h7-8,10,15H,6,9,11H2,1-5H3. The molecule has 0 aliphatic carbocycles. The molecular formula is C14H25N3. The molecule has 1 aromatic heterocycles. The Morgan fingerprint density at radius 1 is 1.35 bits per heavy atom. The van der Waals surface area contributed by atoms with Crippen molar-refractivity contribution in [1.29, 1.82) is 0 Å². The van der Waals surface area contributed by atoms with Gasteiger partial charge in [0.1, 0.15) is 0 Å². The van der Waals surface area contributed by atoms with Crippen LogP contribution >= 0.6 is 0 Å². The second-order valence-electron chi connectivity index (χ2n) is 5.70. The molecule has 0 atom stereocenters. The normalized spacial score (nSPS) is 11.6. The fourth-order valence-corrected chi connectivity index (χ4v) is 1.98. The van der Waals surface area contributed by atoms with E-state index in [4.69, 9.17) is 0 Å². The van der Waals surface area contributed by atoms with Crippen molar-refractivity contribution in [2.45, 2.75) is 34.2 Å². The van der Waals surface area contributed by atoms with Gasteiger partial charge in [0.25, 0.3) is 0 Å². The molecule has 0 saturated carbocycles. The van der Waals surface area contributed by atoms with Crippen LogP contribution in [0.4, 0.5) is 5.69 Å². The molecule has 3 nitrogen and oxygen atoms in total. The largest absolute Gasteiger partial charge is 0.374 e. The lowest BCUT2D eigenvalue weighted by Crippen LogP contribution is -2.30. The third-order valence-corrected chi connectivity index (χ3v) is 2.57. The molecule has 0 spiro atoms. The van der Waals surface area contributed by atoms with Gasteiger partial charge < -0.3 is 10.2 Å². The number of anilines is 1. The first-order valence-corrected chi connectivity index (χ1v) is 6.29. The Bertz CT molecular complexity index is 342. The lowest BCUT2D eigenvalue weighted by atomic mass is 9.96. The fraction of sp³-hybridized carbons (Fsp3) is 0.643. The maximum absolute atomic E-state index is 4.21. The zero-order chi connectivity index (χ0) is 12.9. The van der Waals surface area contributed by atoms with Crippen molar-refractivity contribution in [3.63, 3.8) is 0 Å². The van der Waals surface area contributed by atoms with Gasteiger partial charge >= 0.3 is 0 Å². The summed E-state index contributed by atoms with van der Waals surface area (Å²) in [6, 6.07) is 2.10. The molecule has 0 amide bonds. The molecule has 96 valence electrons. The minimum absolute atomic E-state index is 0.299. The quantitative estimate of drug-likeness (QED) is 0.850. The molecule has 0 bridgehead atoms. The van der Waals surface area contributed by atoms with Crippen molar-refractivity contribution >= 4 is 5.69 Å². The summed E-state index contributed by atoms with van der Waals surface area (Å²) >= 11 is 0. The Hall–Kier alpha value is -1.09. The summed E-state index contributed by atoms with van der Waals surface area (Å²) in [5.41, 5.74) is 2.84. The van der Waals surface area contributed by atoms with Gasteiger partial charge in [0.15, 0.2) is 0 Å². The molecular weight excluding hydrogens is 210 g/mol. The van der Waals surface area contributed by atoms with Crippen molar-refractivity contribution in [3.8, 4) is 0 Å². The average molecular weight is 235 g/mol. The van der Waals surface area contributed by atoms with Crippen LogP contribution in [-0.2, 0) is 6.54 Å². The van der Waals surface area contributed by atoms with E-state index < -0.39 is 0 Å². The number of rotatable bonds is 5. The number of nitrogens with one attached hydrogen (secondary N) is 1. The van der Waals surface area contributed by atoms with Crippen LogP contribution in [-0.4, -0.2) is 25.1 Å². The molecule has 3 heteroatoms. The topological polar surface area (TPSA) is 28.2 Å². The minimum Gasteiger partial charge on any atom is -0.374 e. The first kappa shape index (κ1) is 14.0. The van der Waals surface area contributed by atoms with Gasteiger partial charge in [0.2, 0.25) is 0 Å². The predicted molar refractivity (Wildman–Crippen MR) is 74.3 cm³/mol. The van der Waals surface area contributed by atoms with Crippen molar-refractivity contribution in [1.82, 2.24) is 10.3 Å². The van der Waals surface area contributed by atoms with E-state index in [0.717, 1.165) is 19.6 Å². The summed E-state index contributed by atoms with van der Waals surface area (Å²) in [4.78, 5) is 6.52. The maximum atomic E-state index is 4.21. The Kier molecular flexibility index (Phi) is 4.94. The number of nitrogens with zero attached hydrogens (tertiary/aromatic N) is 2. The molecule has 0 aromatic carbocycles. The van der Waals surface area contributed by atoms with Gasteiger partial charge in [-0.1, -0.05) is 27.7 Å². The average Bonchev–Trinajstić information content (AvgIpc) is 2.24. The Labute approximate surface area is 105 Å². The summed E-state index contributed by atoms with van der Waals surface area (Å²) in [7, 11) is 2.15. The molecule has 1 aromatic rings. The van der Waals surface area contributed by atoms with Crippen LogP contribution < -0.4 is 10.2 Å². The highest BCUT2D eigenvalue weighted by Crippen LogP contribution is 2.22. The number of hydrogen-bond donors (Lipinski definition) is 1. The molecule has 0 aliphatic heterocycles. The molecule has 0 fully saturated rings. The third kappa shape index (κ3) is 4.73. The Morgan fingerprint density at radius 2 is 2.06 bits per heavy atom. The van der Waals surface area contributed by atoms with Crippen molar-refractivity contribution < 1.29 is 0 Å². The predicted octanol–water partition coefficient (Wildman–Crippen LogP) is 2.67. The highest BCUT2D eigenvalue weighted by Gasteiger charge is 2.15. The van der Waals surface area contributed by atoms with E-state index >= 15 is 0 Å². The summed E-state index contributed by atoms with van der Waals surface area (Å²) in [6.45, 7) is 11.8. The van der Waals surface area contributed by atoms with E-state index in [9.17, 15) is 0 Å². The molecule has 0 aliphatic rings. The van der Waals surface area contributed by atoms with Crippen LogP contribution in [0.15, 0.2) is 18.5 Å². The van der Waals surface area contributed by atoms with E-state index in [-0.39, 0.29) is 0 Å². The molecule has 0 unspecified atom stereocenters. The summed E-state index contributed by atoms with van der Waals surface area (Å²) in [6.07, 6.45) is 3.82. The summed E-state index contributed by atoms with van der Waals surface area (Å²) in [5.74, 6) is 0. The van der Waals surface area contributed by atoms with E-state index in [1.807, 2.05) is 12.4 Å². The van der Waals surface area contributed by atoms with Crippen LogP contribution in [0.25, 0.3) is 0 Å². The monoisotopic (exact) mass is 235 g/mol. The van der Waals surface area contributed by atoms with Crippen LogP contribution in [0, 0.1) is 5.41 Å². The summed E-state index contributed by atoms with van der Waals surface area (Å²) in [5, 5.41) is 3.36. The van der Waals surface area contributed by atoms with Crippen LogP contribution in [0.5, 0.6) is 0 Å². The smallest absolute Gasteiger partial charge is 0.0440 e. The second kappa shape index (κ2) is 6.01. The number of aromatic nitrogens is 1. The van der Waals surface area contributed by atoms with Crippen LogP contribution in [0.1, 0.15) is 33.3 Å². The van der Waals surface area contributed by atoms with Gasteiger partial charge in [-0.25, -0.2) is 0 Å². The zero-order valence-electron chi connectivity index (χ0n) is 11.7. The number of hydrogen-bond acceptors (Lipinski definition) is 3. The third-order valence-electron chi connectivity index (χ3n) is 2.57. The van der Waals surface area contributed by atoms with Gasteiger partial charge in [-0.3, -0.25) is 4.98 Å². The first-order chi connectivity index (χ1) is 7.94. The highest BCUT2D eigenvalue weighted by molar-refractivity contribution is 5.51.